The molecule has 4 bridgehead atoms. The maximum atomic E-state index is 12.5. The normalized spacial score (nSPS) is 42.8. The van der Waals surface area contributed by atoms with E-state index in [1.165, 1.54) is 44.9 Å². The summed E-state index contributed by atoms with van der Waals surface area (Å²) in [6, 6.07) is 0. The van der Waals surface area contributed by atoms with Gasteiger partial charge in [0.05, 0.1) is 0 Å². The molecule has 0 aromatic rings. The average molecular weight is 304 g/mol. The van der Waals surface area contributed by atoms with Gasteiger partial charge in [-0.05, 0) is 93.5 Å². The first-order chi connectivity index (χ1) is 10.6. The van der Waals surface area contributed by atoms with Crippen molar-refractivity contribution in [1.82, 2.24) is 10.2 Å². The molecule has 3 nitrogen and oxygen atoms in total. The van der Waals surface area contributed by atoms with Crippen LogP contribution in [-0.4, -0.2) is 37.5 Å². The molecule has 0 aromatic carbocycles. The third kappa shape index (κ3) is 2.93. The second kappa shape index (κ2) is 5.81. The van der Waals surface area contributed by atoms with E-state index in [4.69, 9.17) is 0 Å². The molecule has 1 amide bonds. The second-order valence-corrected chi connectivity index (χ2v) is 9.06. The van der Waals surface area contributed by atoms with Crippen molar-refractivity contribution in [3.8, 4) is 0 Å². The van der Waals surface area contributed by atoms with Crippen LogP contribution in [0.4, 0.5) is 0 Å². The molecule has 1 N–H and O–H groups in total. The van der Waals surface area contributed by atoms with E-state index < -0.39 is 0 Å². The molecule has 1 atom stereocenters. The van der Waals surface area contributed by atoms with Gasteiger partial charge in [0.15, 0.2) is 0 Å². The molecular weight excluding hydrogens is 272 g/mol. The van der Waals surface area contributed by atoms with Crippen LogP contribution in [0.2, 0.25) is 0 Å². The highest BCUT2D eigenvalue weighted by Gasteiger charge is 2.51. The van der Waals surface area contributed by atoms with Crippen LogP contribution in [0.3, 0.4) is 0 Å². The molecule has 5 rings (SSSR count). The van der Waals surface area contributed by atoms with Crippen molar-refractivity contribution in [2.24, 2.45) is 29.1 Å². The van der Waals surface area contributed by atoms with E-state index in [1.54, 1.807) is 0 Å². The largest absolute Gasteiger partial charge is 0.345 e. The molecule has 1 unspecified atom stereocenters. The average Bonchev–Trinajstić information content (AvgIpc) is 2.95. The van der Waals surface area contributed by atoms with Crippen molar-refractivity contribution >= 4 is 5.91 Å². The molecule has 4 saturated carbocycles. The maximum Gasteiger partial charge on any atom is 0.222 e. The fraction of sp³-hybridized carbons (Fsp3) is 0.947. The van der Waals surface area contributed by atoms with Crippen LogP contribution in [-0.2, 0) is 4.79 Å². The Morgan fingerprint density at radius 1 is 1.14 bits per heavy atom. The summed E-state index contributed by atoms with van der Waals surface area (Å²) in [6.45, 7) is 3.30. The molecule has 1 saturated heterocycles. The highest BCUT2D eigenvalue weighted by molar-refractivity contribution is 5.75. The zero-order chi connectivity index (χ0) is 15.2. The summed E-state index contributed by atoms with van der Waals surface area (Å²) < 4.78 is 0. The van der Waals surface area contributed by atoms with Gasteiger partial charge in [-0.2, -0.15) is 0 Å². The van der Waals surface area contributed by atoms with Crippen LogP contribution < -0.4 is 5.32 Å². The summed E-state index contributed by atoms with van der Waals surface area (Å²) in [4.78, 5) is 14.6. The van der Waals surface area contributed by atoms with E-state index in [2.05, 4.69) is 17.3 Å². The van der Waals surface area contributed by atoms with Crippen molar-refractivity contribution in [2.45, 2.75) is 57.8 Å². The zero-order valence-electron chi connectivity index (χ0n) is 14.2. The molecule has 0 spiro atoms. The number of nitrogens with one attached hydrogen (secondary N) is 1. The molecule has 3 heteroatoms. The van der Waals surface area contributed by atoms with E-state index >= 15 is 0 Å². The topological polar surface area (TPSA) is 32.3 Å². The van der Waals surface area contributed by atoms with Crippen molar-refractivity contribution in [1.29, 1.82) is 0 Å². The van der Waals surface area contributed by atoms with Crippen LogP contribution >= 0.6 is 0 Å². The van der Waals surface area contributed by atoms with E-state index in [9.17, 15) is 4.79 Å². The number of carbonyl (C=O) groups is 1. The number of nitrogens with zero attached hydrogens (tertiary/aromatic N) is 1. The summed E-state index contributed by atoms with van der Waals surface area (Å²) in [6.07, 6.45) is 11.8. The van der Waals surface area contributed by atoms with E-state index in [-0.39, 0.29) is 0 Å². The van der Waals surface area contributed by atoms with Gasteiger partial charge in [-0.25, -0.2) is 0 Å². The van der Waals surface area contributed by atoms with E-state index in [0.717, 1.165) is 56.1 Å². The Bertz CT molecular complexity index is 392. The number of rotatable bonds is 5. The van der Waals surface area contributed by atoms with Gasteiger partial charge in [-0.3, -0.25) is 4.79 Å². The molecule has 1 aliphatic heterocycles. The quantitative estimate of drug-likeness (QED) is 0.846. The SMILES string of the molecule is CN(CC12CC3CC(CC(C3)C1)C2)C(=O)CCC1CCNC1. The van der Waals surface area contributed by atoms with Gasteiger partial charge < -0.3 is 10.2 Å². The van der Waals surface area contributed by atoms with Gasteiger partial charge in [-0.1, -0.05) is 0 Å². The van der Waals surface area contributed by atoms with Crippen LogP contribution in [0, 0.1) is 29.1 Å². The fourth-order valence-electron chi connectivity index (χ4n) is 6.55. The highest BCUT2D eigenvalue weighted by Crippen LogP contribution is 2.60. The predicted octanol–water partition coefficient (Wildman–Crippen LogP) is 3.05. The number of carbonyl (C=O) groups excluding carboxylic acids is 1. The fourth-order valence-corrected chi connectivity index (χ4v) is 6.55. The zero-order valence-corrected chi connectivity index (χ0v) is 14.2. The molecule has 124 valence electrons. The summed E-state index contributed by atoms with van der Waals surface area (Å²) in [5.41, 5.74) is 0.494. The Labute approximate surface area is 135 Å². The molecule has 1 heterocycles. The van der Waals surface area contributed by atoms with E-state index in [1.807, 2.05) is 0 Å². The lowest BCUT2D eigenvalue weighted by atomic mass is 9.49. The first-order valence-electron chi connectivity index (χ1n) is 9.57. The maximum absolute atomic E-state index is 12.5. The number of hydrogen-bond donors (Lipinski definition) is 1. The highest BCUT2D eigenvalue weighted by atomic mass is 16.2. The minimum atomic E-state index is 0.391. The van der Waals surface area contributed by atoms with Gasteiger partial charge in [0.1, 0.15) is 0 Å². The summed E-state index contributed by atoms with van der Waals surface area (Å²) in [7, 11) is 2.06. The summed E-state index contributed by atoms with van der Waals surface area (Å²) >= 11 is 0. The molecule has 5 fully saturated rings. The third-order valence-corrected chi connectivity index (χ3v) is 7.09. The van der Waals surface area contributed by atoms with Crippen LogP contribution in [0.15, 0.2) is 0 Å². The summed E-state index contributed by atoms with van der Waals surface area (Å²) in [5.74, 6) is 4.08. The number of hydrogen-bond acceptors (Lipinski definition) is 2. The van der Waals surface area contributed by atoms with E-state index in [0.29, 0.717) is 11.3 Å². The van der Waals surface area contributed by atoms with Gasteiger partial charge in [0.25, 0.3) is 0 Å². The number of amides is 1. The third-order valence-electron chi connectivity index (χ3n) is 7.09. The van der Waals surface area contributed by atoms with Gasteiger partial charge in [0.2, 0.25) is 5.91 Å². The predicted molar refractivity (Wildman–Crippen MR) is 88.5 cm³/mol. The standard InChI is InChI=1S/C19H32N2O/c1-21(18(22)3-2-14-4-5-20-12-14)13-19-9-15-6-16(10-19)8-17(7-15)11-19/h14-17,20H,2-13H2,1H3. The molecule has 5 aliphatic rings. The Morgan fingerprint density at radius 3 is 2.32 bits per heavy atom. The first kappa shape index (κ1) is 15.0. The van der Waals surface area contributed by atoms with Crippen molar-refractivity contribution in [2.75, 3.05) is 26.7 Å². The van der Waals surface area contributed by atoms with Crippen LogP contribution in [0.1, 0.15) is 57.8 Å². The molecule has 4 aliphatic carbocycles. The minimum absolute atomic E-state index is 0.391. The Kier molecular flexibility index (Phi) is 3.96. The summed E-state index contributed by atoms with van der Waals surface area (Å²) in [5, 5.41) is 3.40. The van der Waals surface area contributed by atoms with Crippen molar-refractivity contribution < 1.29 is 4.79 Å². The van der Waals surface area contributed by atoms with Gasteiger partial charge in [-0.15, -0.1) is 0 Å². The Hall–Kier alpha value is -0.570. The van der Waals surface area contributed by atoms with Crippen molar-refractivity contribution in [3.05, 3.63) is 0 Å². The minimum Gasteiger partial charge on any atom is -0.345 e. The van der Waals surface area contributed by atoms with Crippen LogP contribution in [0.5, 0.6) is 0 Å². The Balaban J connectivity index is 1.31. The smallest absolute Gasteiger partial charge is 0.222 e. The molecular formula is C19H32N2O. The van der Waals surface area contributed by atoms with Gasteiger partial charge >= 0.3 is 0 Å². The van der Waals surface area contributed by atoms with Crippen LogP contribution in [0.25, 0.3) is 0 Å². The lowest BCUT2D eigenvalue weighted by Crippen LogP contribution is -2.51. The molecule has 0 radical (unpaired) electrons. The first-order valence-corrected chi connectivity index (χ1v) is 9.57. The second-order valence-electron chi connectivity index (χ2n) is 9.06. The van der Waals surface area contributed by atoms with Gasteiger partial charge in [0, 0.05) is 20.0 Å². The molecule has 0 aromatic heterocycles. The molecule has 22 heavy (non-hydrogen) atoms. The van der Waals surface area contributed by atoms with Crippen molar-refractivity contribution in [3.63, 3.8) is 0 Å². The Morgan fingerprint density at radius 2 is 1.77 bits per heavy atom. The monoisotopic (exact) mass is 304 g/mol. The lowest BCUT2D eigenvalue weighted by Gasteiger charge is -2.57. The lowest BCUT2D eigenvalue weighted by molar-refractivity contribution is -0.135.